The Morgan fingerprint density at radius 3 is 2.29 bits per heavy atom. The van der Waals surface area contributed by atoms with Gasteiger partial charge in [-0.3, -0.25) is 9.52 Å². The summed E-state index contributed by atoms with van der Waals surface area (Å²) in [5.41, 5.74) is 1.22. The van der Waals surface area contributed by atoms with Gasteiger partial charge in [-0.15, -0.1) is 0 Å². The summed E-state index contributed by atoms with van der Waals surface area (Å²) < 4.78 is 27.1. The Morgan fingerprint density at radius 1 is 1.08 bits per heavy atom. The zero-order valence-corrected chi connectivity index (χ0v) is 14.1. The Bertz CT molecular complexity index is 882. The van der Waals surface area contributed by atoms with E-state index in [2.05, 4.69) is 10.0 Å². The summed E-state index contributed by atoms with van der Waals surface area (Å²) in [5.74, 6) is -0.257. The van der Waals surface area contributed by atoms with E-state index in [1.807, 2.05) is 6.07 Å². The number of nitriles is 1. The lowest BCUT2D eigenvalue weighted by molar-refractivity contribution is -0.118. The first-order valence-corrected chi connectivity index (χ1v) is 8.74. The van der Waals surface area contributed by atoms with E-state index in [1.54, 1.807) is 38.1 Å². The topological polar surface area (TPSA) is 99.1 Å². The van der Waals surface area contributed by atoms with Crippen molar-refractivity contribution < 1.29 is 13.2 Å². The molecule has 124 valence electrons. The average molecular weight is 343 g/mol. The van der Waals surface area contributed by atoms with Gasteiger partial charge in [-0.2, -0.15) is 5.26 Å². The highest BCUT2D eigenvalue weighted by Gasteiger charge is 2.15. The molecule has 0 aliphatic heterocycles. The molecule has 2 aromatic carbocycles. The number of amides is 1. The summed E-state index contributed by atoms with van der Waals surface area (Å²) >= 11 is 0. The second kappa shape index (κ2) is 7.15. The van der Waals surface area contributed by atoms with Crippen molar-refractivity contribution in [2.75, 3.05) is 10.0 Å². The van der Waals surface area contributed by atoms with Gasteiger partial charge in [0, 0.05) is 17.3 Å². The molecule has 2 aromatic rings. The maximum Gasteiger partial charge on any atom is 0.261 e. The zero-order valence-electron chi connectivity index (χ0n) is 13.3. The SMILES string of the molecule is CC(C)C(=O)Nc1ccc(NS(=O)(=O)c2cccc(C#N)c2)cc1. The molecule has 0 saturated carbocycles. The summed E-state index contributed by atoms with van der Waals surface area (Å²) in [6.07, 6.45) is 0. The molecule has 0 spiro atoms. The van der Waals surface area contributed by atoms with Crippen molar-refractivity contribution in [2.24, 2.45) is 5.92 Å². The van der Waals surface area contributed by atoms with Crippen molar-refractivity contribution in [1.82, 2.24) is 0 Å². The minimum Gasteiger partial charge on any atom is -0.326 e. The normalized spacial score (nSPS) is 10.9. The number of benzene rings is 2. The van der Waals surface area contributed by atoms with Gasteiger partial charge in [0.25, 0.3) is 10.0 Å². The van der Waals surface area contributed by atoms with Gasteiger partial charge in [0.05, 0.1) is 16.5 Å². The predicted molar refractivity (Wildman–Crippen MR) is 91.9 cm³/mol. The minimum absolute atomic E-state index is 0.0127. The van der Waals surface area contributed by atoms with E-state index in [-0.39, 0.29) is 22.3 Å². The molecule has 0 heterocycles. The van der Waals surface area contributed by atoms with Gasteiger partial charge >= 0.3 is 0 Å². The molecule has 7 heteroatoms. The van der Waals surface area contributed by atoms with Crippen LogP contribution < -0.4 is 10.0 Å². The molecule has 6 nitrogen and oxygen atoms in total. The van der Waals surface area contributed by atoms with Crippen LogP contribution in [0, 0.1) is 17.2 Å². The van der Waals surface area contributed by atoms with E-state index in [0.717, 1.165) is 0 Å². The Balaban J connectivity index is 2.15. The Kier molecular flexibility index (Phi) is 5.21. The Morgan fingerprint density at radius 2 is 1.71 bits per heavy atom. The number of nitrogens with zero attached hydrogens (tertiary/aromatic N) is 1. The van der Waals surface area contributed by atoms with Crippen LogP contribution in [0.25, 0.3) is 0 Å². The van der Waals surface area contributed by atoms with Gasteiger partial charge in [0.1, 0.15) is 0 Å². The smallest absolute Gasteiger partial charge is 0.261 e. The molecule has 0 aromatic heterocycles. The monoisotopic (exact) mass is 343 g/mol. The molecule has 0 bridgehead atoms. The molecule has 0 atom stereocenters. The first-order chi connectivity index (χ1) is 11.3. The summed E-state index contributed by atoms with van der Waals surface area (Å²) in [6.45, 7) is 3.57. The molecule has 0 aliphatic rings. The van der Waals surface area contributed by atoms with Gasteiger partial charge < -0.3 is 5.32 Å². The Hall–Kier alpha value is -2.85. The lowest BCUT2D eigenvalue weighted by atomic mass is 10.2. The number of rotatable bonds is 5. The van der Waals surface area contributed by atoms with E-state index in [4.69, 9.17) is 5.26 Å². The molecule has 0 radical (unpaired) electrons. The van der Waals surface area contributed by atoms with Crippen LogP contribution in [-0.4, -0.2) is 14.3 Å². The number of hydrogen-bond donors (Lipinski definition) is 2. The molecule has 0 unspecified atom stereocenters. The van der Waals surface area contributed by atoms with Crippen LogP contribution in [-0.2, 0) is 14.8 Å². The molecular weight excluding hydrogens is 326 g/mol. The van der Waals surface area contributed by atoms with Gasteiger partial charge in [0.2, 0.25) is 5.91 Å². The van der Waals surface area contributed by atoms with Crippen LogP contribution in [0.2, 0.25) is 0 Å². The third-order valence-electron chi connectivity index (χ3n) is 3.20. The van der Waals surface area contributed by atoms with Crippen molar-refractivity contribution in [3.63, 3.8) is 0 Å². The number of carbonyl (C=O) groups excluding carboxylic acids is 1. The van der Waals surface area contributed by atoms with E-state index < -0.39 is 10.0 Å². The molecule has 24 heavy (non-hydrogen) atoms. The summed E-state index contributed by atoms with van der Waals surface area (Å²) in [5, 5.41) is 11.6. The summed E-state index contributed by atoms with van der Waals surface area (Å²) in [6, 6.07) is 14.0. The van der Waals surface area contributed by atoms with Crippen LogP contribution in [0.4, 0.5) is 11.4 Å². The third-order valence-corrected chi connectivity index (χ3v) is 4.58. The van der Waals surface area contributed by atoms with Crippen molar-refractivity contribution in [3.05, 3.63) is 54.1 Å². The van der Waals surface area contributed by atoms with Gasteiger partial charge in [-0.05, 0) is 42.5 Å². The second-order valence-electron chi connectivity index (χ2n) is 5.47. The highest BCUT2D eigenvalue weighted by Crippen LogP contribution is 2.19. The predicted octanol–water partition coefficient (Wildman–Crippen LogP) is 2.95. The van der Waals surface area contributed by atoms with Gasteiger partial charge in [-0.1, -0.05) is 19.9 Å². The highest BCUT2D eigenvalue weighted by molar-refractivity contribution is 7.92. The fourth-order valence-electron chi connectivity index (χ4n) is 1.86. The first kappa shape index (κ1) is 17.5. The Labute approximate surface area is 141 Å². The molecule has 0 aliphatic carbocycles. The standard InChI is InChI=1S/C17H17N3O3S/c1-12(2)17(21)19-14-6-8-15(9-7-14)20-24(22,23)16-5-3-4-13(10-16)11-18/h3-10,12,20H,1-2H3,(H,19,21). The molecule has 0 fully saturated rings. The lowest BCUT2D eigenvalue weighted by Crippen LogP contribution is -2.17. The third kappa shape index (κ3) is 4.33. The van der Waals surface area contributed by atoms with Crippen LogP contribution in [0.3, 0.4) is 0 Å². The number of sulfonamides is 1. The second-order valence-corrected chi connectivity index (χ2v) is 7.15. The van der Waals surface area contributed by atoms with Crippen LogP contribution in [0.15, 0.2) is 53.4 Å². The first-order valence-electron chi connectivity index (χ1n) is 7.26. The maximum absolute atomic E-state index is 12.3. The number of carbonyl (C=O) groups is 1. The van der Waals surface area contributed by atoms with Gasteiger partial charge in [-0.25, -0.2) is 8.42 Å². The number of anilines is 2. The fraction of sp³-hybridized carbons (Fsp3) is 0.176. The van der Waals surface area contributed by atoms with E-state index in [9.17, 15) is 13.2 Å². The van der Waals surface area contributed by atoms with E-state index in [0.29, 0.717) is 11.4 Å². The maximum atomic E-state index is 12.3. The fourth-order valence-corrected chi connectivity index (χ4v) is 2.96. The van der Waals surface area contributed by atoms with Crippen molar-refractivity contribution >= 4 is 27.3 Å². The number of nitrogens with one attached hydrogen (secondary N) is 2. The molecule has 1 amide bonds. The number of hydrogen-bond acceptors (Lipinski definition) is 4. The summed E-state index contributed by atoms with van der Waals surface area (Å²) in [7, 11) is -3.78. The van der Waals surface area contributed by atoms with E-state index >= 15 is 0 Å². The highest BCUT2D eigenvalue weighted by atomic mass is 32.2. The van der Waals surface area contributed by atoms with E-state index in [1.165, 1.54) is 24.3 Å². The van der Waals surface area contributed by atoms with Crippen molar-refractivity contribution in [3.8, 4) is 6.07 Å². The summed E-state index contributed by atoms with van der Waals surface area (Å²) in [4.78, 5) is 11.6. The molecular formula is C17H17N3O3S. The molecule has 2 N–H and O–H groups in total. The van der Waals surface area contributed by atoms with Crippen LogP contribution in [0.1, 0.15) is 19.4 Å². The lowest BCUT2D eigenvalue weighted by Gasteiger charge is -2.10. The van der Waals surface area contributed by atoms with Crippen molar-refractivity contribution in [1.29, 1.82) is 5.26 Å². The molecule has 0 saturated heterocycles. The largest absolute Gasteiger partial charge is 0.326 e. The average Bonchev–Trinajstić information content (AvgIpc) is 2.56. The quantitative estimate of drug-likeness (QED) is 0.872. The van der Waals surface area contributed by atoms with Crippen LogP contribution >= 0.6 is 0 Å². The van der Waals surface area contributed by atoms with Crippen LogP contribution in [0.5, 0.6) is 0 Å². The molecule has 2 rings (SSSR count). The zero-order chi connectivity index (χ0) is 17.7. The van der Waals surface area contributed by atoms with Crippen molar-refractivity contribution in [2.45, 2.75) is 18.7 Å². The minimum atomic E-state index is -3.78. The van der Waals surface area contributed by atoms with Gasteiger partial charge in [0.15, 0.2) is 0 Å².